The summed E-state index contributed by atoms with van der Waals surface area (Å²) in [5.41, 5.74) is 0. The normalized spacial score (nSPS) is 23.5. The van der Waals surface area contributed by atoms with Gasteiger partial charge in [-0.3, -0.25) is 9.89 Å². The van der Waals surface area contributed by atoms with Crippen molar-refractivity contribution in [2.75, 3.05) is 66.1 Å². The molecule has 2 aliphatic rings. The molecule has 2 saturated heterocycles. The summed E-state index contributed by atoms with van der Waals surface area (Å²) in [5.74, 6) is 1.70. The van der Waals surface area contributed by atoms with Gasteiger partial charge in [0.2, 0.25) is 0 Å². The summed E-state index contributed by atoms with van der Waals surface area (Å²) < 4.78 is 5.19. The van der Waals surface area contributed by atoms with Gasteiger partial charge < -0.3 is 20.3 Å². The maximum Gasteiger partial charge on any atom is 0.191 e. The SMILES string of the molecule is CCNC(=NCC1CCN(CCOC)CC1)NCCN1CCCCC1CC. The Kier molecular flexibility index (Phi) is 11.1. The molecule has 0 bridgehead atoms. The summed E-state index contributed by atoms with van der Waals surface area (Å²) in [6, 6.07) is 0.781. The van der Waals surface area contributed by atoms with Crippen molar-refractivity contribution in [1.29, 1.82) is 0 Å². The average Bonchev–Trinajstić information content (AvgIpc) is 2.71. The number of methoxy groups -OCH3 is 1. The van der Waals surface area contributed by atoms with Gasteiger partial charge in [-0.25, -0.2) is 0 Å². The summed E-state index contributed by atoms with van der Waals surface area (Å²) in [6.07, 6.45) is 7.90. The first-order chi connectivity index (χ1) is 13.3. The van der Waals surface area contributed by atoms with Crippen LogP contribution in [0, 0.1) is 5.92 Å². The quantitative estimate of drug-likeness (QED) is 0.449. The fourth-order valence-corrected chi connectivity index (χ4v) is 4.31. The Labute approximate surface area is 167 Å². The Balaban J connectivity index is 1.69. The standard InChI is InChI=1S/C21H43N5O/c1-4-20-8-6-7-12-26(20)15-11-23-21(22-5-2)24-18-19-9-13-25(14-10-19)16-17-27-3/h19-20H,4-18H2,1-3H3,(H2,22,23,24). The highest BCUT2D eigenvalue weighted by Gasteiger charge is 2.20. The summed E-state index contributed by atoms with van der Waals surface area (Å²) in [5, 5.41) is 6.97. The van der Waals surface area contributed by atoms with Crippen LogP contribution in [0.4, 0.5) is 0 Å². The molecule has 0 aromatic heterocycles. The second kappa shape index (κ2) is 13.3. The fourth-order valence-electron chi connectivity index (χ4n) is 4.31. The van der Waals surface area contributed by atoms with E-state index >= 15 is 0 Å². The summed E-state index contributed by atoms with van der Waals surface area (Å²) in [4.78, 5) is 10.1. The Hall–Kier alpha value is -0.850. The lowest BCUT2D eigenvalue weighted by atomic mass is 9.97. The maximum atomic E-state index is 5.19. The average molecular weight is 382 g/mol. The largest absolute Gasteiger partial charge is 0.383 e. The number of nitrogens with one attached hydrogen (secondary N) is 2. The van der Waals surface area contributed by atoms with Crippen molar-refractivity contribution >= 4 is 5.96 Å². The number of ether oxygens (including phenoxy) is 1. The van der Waals surface area contributed by atoms with Crippen LogP contribution in [0.25, 0.3) is 0 Å². The first kappa shape index (κ1) is 22.4. The summed E-state index contributed by atoms with van der Waals surface area (Å²) in [7, 11) is 1.78. The van der Waals surface area contributed by atoms with Crippen molar-refractivity contribution < 1.29 is 4.74 Å². The lowest BCUT2D eigenvalue weighted by Crippen LogP contribution is -2.46. The molecule has 2 rings (SSSR count). The molecule has 0 spiro atoms. The Morgan fingerprint density at radius 3 is 2.56 bits per heavy atom. The van der Waals surface area contributed by atoms with E-state index < -0.39 is 0 Å². The number of piperidine rings is 2. The number of hydrogen-bond donors (Lipinski definition) is 2. The second-order valence-corrected chi connectivity index (χ2v) is 8.02. The second-order valence-electron chi connectivity index (χ2n) is 8.02. The van der Waals surface area contributed by atoms with E-state index in [1.165, 1.54) is 58.2 Å². The van der Waals surface area contributed by atoms with Crippen LogP contribution in [0.3, 0.4) is 0 Å². The predicted octanol–water partition coefficient (Wildman–Crippen LogP) is 2.16. The van der Waals surface area contributed by atoms with Crippen molar-refractivity contribution in [3.63, 3.8) is 0 Å². The number of likely N-dealkylation sites (tertiary alicyclic amines) is 2. The molecule has 2 aliphatic heterocycles. The number of aliphatic imine (C=N–C) groups is 1. The molecule has 0 aliphatic carbocycles. The van der Waals surface area contributed by atoms with E-state index in [9.17, 15) is 0 Å². The van der Waals surface area contributed by atoms with Gasteiger partial charge in [0.1, 0.15) is 0 Å². The zero-order valence-corrected chi connectivity index (χ0v) is 18.0. The summed E-state index contributed by atoms with van der Waals surface area (Å²) >= 11 is 0. The molecule has 27 heavy (non-hydrogen) atoms. The third kappa shape index (κ3) is 8.36. The van der Waals surface area contributed by atoms with Gasteiger partial charge in [0.25, 0.3) is 0 Å². The van der Waals surface area contributed by atoms with E-state index in [1.54, 1.807) is 7.11 Å². The van der Waals surface area contributed by atoms with E-state index in [-0.39, 0.29) is 0 Å². The molecule has 0 aromatic carbocycles. The minimum Gasteiger partial charge on any atom is -0.383 e. The monoisotopic (exact) mass is 381 g/mol. The molecule has 158 valence electrons. The van der Waals surface area contributed by atoms with Crippen LogP contribution in [0.2, 0.25) is 0 Å². The molecule has 1 unspecified atom stereocenters. The van der Waals surface area contributed by atoms with Crippen LogP contribution in [-0.4, -0.2) is 87.9 Å². The van der Waals surface area contributed by atoms with Crippen molar-refractivity contribution in [3.05, 3.63) is 0 Å². The van der Waals surface area contributed by atoms with E-state index in [1.807, 2.05) is 0 Å². The Morgan fingerprint density at radius 1 is 1.04 bits per heavy atom. The van der Waals surface area contributed by atoms with Crippen LogP contribution in [-0.2, 0) is 4.74 Å². The van der Waals surface area contributed by atoms with E-state index in [0.29, 0.717) is 5.92 Å². The number of guanidine groups is 1. The number of hydrogen-bond acceptors (Lipinski definition) is 4. The molecule has 0 aromatic rings. The summed E-state index contributed by atoms with van der Waals surface area (Å²) in [6.45, 7) is 14.0. The Bertz CT molecular complexity index is 409. The molecule has 0 amide bonds. The third-order valence-corrected chi connectivity index (χ3v) is 6.08. The number of nitrogens with zero attached hydrogens (tertiary/aromatic N) is 3. The highest BCUT2D eigenvalue weighted by Crippen LogP contribution is 2.19. The zero-order chi connectivity index (χ0) is 19.3. The molecule has 2 fully saturated rings. The Morgan fingerprint density at radius 2 is 1.85 bits per heavy atom. The minimum absolute atomic E-state index is 0.714. The van der Waals surface area contributed by atoms with Gasteiger partial charge in [-0.05, 0) is 64.6 Å². The minimum atomic E-state index is 0.714. The number of rotatable bonds is 10. The first-order valence-electron chi connectivity index (χ1n) is 11.2. The van der Waals surface area contributed by atoms with Crippen LogP contribution >= 0.6 is 0 Å². The van der Waals surface area contributed by atoms with Crippen LogP contribution in [0.1, 0.15) is 52.4 Å². The molecular weight excluding hydrogens is 338 g/mol. The van der Waals surface area contributed by atoms with Gasteiger partial charge in [-0.2, -0.15) is 0 Å². The maximum absolute atomic E-state index is 5.19. The van der Waals surface area contributed by atoms with Crippen LogP contribution in [0.15, 0.2) is 4.99 Å². The van der Waals surface area contributed by atoms with Crippen molar-refractivity contribution in [2.24, 2.45) is 10.9 Å². The van der Waals surface area contributed by atoms with Gasteiger partial charge in [-0.15, -0.1) is 0 Å². The van der Waals surface area contributed by atoms with Crippen LogP contribution < -0.4 is 10.6 Å². The molecule has 1 atom stereocenters. The fraction of sp³-hybridized carbons (Fsp3) is 0.952. The molecule has 0 saturated carbocycles. The third-order valence-electron chi connectivity index (χ3n) is 6.08. The lowest BCUT2D eigenvalue weighted by Gasteiger charge is -2.35. The highest BCUT2D eigenvalue weighted by molar-refractivity contribution is 5.79. The molecule has 2 heterocycles. The van der Waals surface area contributed by atoms with Gasteiger partial charge in [0.15, 0.2) is 5.96 Å². The van der Waals surface area contributed by atoms with Gasteiger partial charge in [-0.1, -0.05) is 13.3 Å². The molecule has 6 nitrogen and oxygen atoms in total. The first-order valence-corrected chi connectivity index (χ1v) is 11.2. The lowest BCUT2D eigenvalue weighted by molar-refractivity contribution is 0.121. The predicted molar refractivity (Wildman–Crippen MR) is 115 cm³/mol. The smallest absolute Gasteiger partial charge is 0.191 e. The van der Waals surface area contributed by atoms with Crippen molar-refractivity contribution in [3.8, 4) is 0 Å². The van der Waals surface area contributed by atoms with Gasteiger partial charge >= 0.3 is 0 Å². The van der Waals surface area contributed by atoms with Crippen molar-refractivity contribution in [1.82, 2.24) is 20.4 Å². The highest BCUT2D eigenvalue weighted by atomic mass is 16.5. The zero-order valence-electron chi connectivity index (χ0n) is 18.0. The molecule has 0 radical (unpaired) electrons. The van der Waals surface area contributed by atoms with Gasteiger partial charge in [0.05, 0.1) is 6.61 Å². The van der Waals surface area contributed by atoms with E-state index in [2.05, 4.69) is 34.3 Å². The molecular formula is C21H43N5O. The molecule has 6 heteroatoms. The van der Waals surface area contributed by atoms with Gasteiger partial charge in [0, 0.05) is 45.9 Å². The van der Waals surface area contributed by atoms with Crippen LogP contribution in [0.5, 0.6) is 0 Å². The van der Waals surface area contributed by atoms with Crippen molar-refractivity contribution in [2.45, 2.75) is 58.4 Å². The molecule has 2 N–H and O–H groups in total. The van der Waals surface area contributed by atoms with E-state index in [0.717, 1.165) is 51.3 Å². The topological polar surface area (TPSA) is 52.1 Å². The van der Waals surface area contributed by atoms with E-state index in [4.69, 9.17) is 9.73 Å².